The van der Waals surface area contributed by atoms with E-state index in [4.69, 9.17) is 14.2 Å². The van der Waals surface area contributed by atoms with E-state index in [0.29, 0.717) is 34.1 Å². The first-order valence-electron chi connectivity index (χ1n) is 12.1. The number of rotatable bonds is 7. The fourth-order valence-electron chi connectivity index (χ4n) is 4.38. The predicted molar refractivity (Wildman–Crippen MR) is 142 cm³/mol. The van der Waals surface area contributed by atoms with Crippen LogP contribution in [0.15, 0.2) is 72.3 Å². The highest BCUT2D eigenvalue weighted by Gasteiger charge is 2.47. The standard InChI is InChI=1S/C30H29NO7/c1-17(2)37-25-15-8-21(16-18(25)3)28(33)26-27(20-6-11-24(12-7-20)38-19(4)32)31(30(35)29(26)34)22-9-13-23(36-5)14-10-22/h6-17,27,33H,1-5H3/b28-26-. The maximum atomic E-state index is 13.4. The van der Waals surface area contributed by atoms with E-state index >= 15 is 0 Å². The van der Waals surface area contributed by atoms with Crippen LogP contribution >= 0.6 is 0 Å². The molecule has 1 N–H and O–H groups in total. The molecule has 1 fully saturated rings. The maximum absolute atomic E-state index is 13.4. The summed E-state index contributed by atoms with van der Waals surface area (Å²) in [5, 5.41) is 11.4. The van der Waals surface area contributed by atoms with Crippen LogP contribution in [0.4, 0.5) is 5.69 Å². The number of carbonyl (C=O) groups excluding carboxylic acids is 3. The summed E-state index contributed by atoms with van der Waals surface area (Å²) in [6, 6.07) is 17.4. The van der Waals surface area contributed by atoms with E-state index < -0.39 is 23.7 Å². The van der Waals surface area contributed by atoms with E-state index in [2.05, 4.69) is 0 Å². The zero-order valence-corrected chi connectivity index (χ0v) is 21.8. The van der Waals surface area contributed by atoms with Crippen LogP contribution in [0.5, 0.6) is 17.2 Å². The number of nitrogens with zero attached hydrogens (tertiary/aromatic N) is 1. The number of ether oxygens (including phenoxy) is 3. The van der Waals surface area contributed by atoms with E-state index in [-0.39, 0.29) is 17.4 Å². The summed E-state index contributed by atoms with van der Waals surface area (Å²) in [6.07, 6.45) is -0.0297. The average molecular weight is 516 g/mol. The molecule has 196 valence electrons. The lowest BCUT2D eigenvalue weighted by atomic mass is 9.94. The number of anilines is 1. The zero-order chi connectivity index (χ0) is 27.6. The van der Waals surface area contributed by atoms with Crippen LogP contribution in [-0.4, -0.2) is 36.0 Å². The zero-order valence-electron chi connectivity index (χ0n) is 21.8. The first kappa shape index (κ1) is 26.5. The molecule has 1 amide bonds. The molecule has 3 aromatic rings. The van der Waals surface area contributed by atoms with Crippen molar-refractivity contribution in [1.29, 1.82) is 0 Å². The van der Waals surface area contributed by atoms with Crippen molar-refractivity contribution in [3.05, 3.63) is 89.0 Å². The van der Waals surface area contributed by atoms with Gasteiger partial charge >= 0.3 is 5.97 Å². The number of aliphatic hydroxyl groups is 1. The summed E-state index contributed by atoms with van der Waals surface area (Å²) in [4.78, 5) is 39.5. The van der Waals surface area contributed by atoms with Crippen LogP contribution in [0, 0.1) is 6.92 Å². The number of hydrogen-bond acceptors (Lipinski definition) is 7. The number of ketones is 1. The van der Waals surface area contributed by atoms with E-state index in [1.165, 1.54) is 18.9 Å². The van der Waals surface area contributed by atoms with Gasteiger partial charge in [0.2, 0.25) is 0 Å². The lowest BCUT2D eigenvalue weighted by Gasteiger charge is -2.25. The molecule has 1 heterocycles. The first-order chi connectivity index (χ1) is 18.1. The molecule has 1 atom stereocenters. The SMILES string of the molecule is COc1ccc(N2C(=O)C(=O)/C(=C(\O)c3ccc(OC(C)C)c(C)c3)C2c2ccc(OC(C)=O)cc2)cc1. The predicted octanol–water partition coefficient (Wildman–Crippen LogP) is 5.34. The third kappa shape index (κ3) is 5.25. The molecule has 3 aromatic carbocycles. The smallest absolute Gasteiger partial charge is 0.308 e. The van der Waals surface area contributed by atoms with E-state index in [9.17, 15) is 19.5 Å². The maximum Gasteiger partial charge on any atom is 0.308 e. The van der Waals surface area contributed by atoms with Gasteiger partial charge in [-0.15, -0.1) is 0 Å². The van der Waals surface area contributed by atoms with Crippen LogP contribution in [0.2, 0.25) is 0 Å². The summed E-state index contributed by atoms with van der Waals surface area (Å²) in [7, 11) is 1.53. The molecule has 0 saturated carbocycles. The van der Waals surface area contributed by atoms with Gasteiger partial charge in [0, 0.05) is 18.2 Å². The quantitative estimate of drug-likeness (QED) is 0.149. The molecular formula is C30H29NO7. The Kier molecular flexibility index (Phi) is 7.52. The molecule has 38 heavy (non-hydrogen) atoms. The Morgan fingerprint density at radius 3 is 2.13 bits per heavy atom. The second-order valence-electron chi connectivity index (χ2n) is 9.18. The lowest BCUT2D eigenvalue weighted by molar-refractivity contribution is -0.132. The van der Waals surface area contributed by atoms with Gasteiger partial charge in [-0.25, -0.2) is 0 Å². The molecule has 0 spiro atoms. The van der Waals surface area contributed by atoms with Crippen LogP contribution < -0.4 is 19.1 Å². The summed E-state index contributed by atoms with van der Waals surface area (Å²) in [5.41, 5.74) is 2.11. The van der Waals surface area contributed by atoms with Crippen molar-refractivity contribution < 1.29 is 33.7 Å². The molecule has 8 heteroatoms. The van der Waals surface area contributed by atoms with Crippen molar-refractivity contribution in [3.63, 3.8) is 0 Å². The number of aryl methyl sites for hydroxylation is 1. The van der Waals surface area contributed by atoms with Gasteiger partial charge < -0.3 is 19.3 Å². The van der Waals surface area contributed by atoms with Gasteiger partial charge in [-0.3, -0.25) is 19.3 Å². The number of aliphatic hydroxyl groups excluding tert-OH is 1. The van der Waals surface area contributed by atoms with Gasteiger partial charge in [-0.1, -0.05) is 12.1 Å². The van der Waals surface area contributed by atoms with E-state index in [1.54, 1.807) is 66.7 Å². The van der Waals surface area contributed by atoms with Crippen molar-refractivity contribution in [2.75, 3.05) is 12.0 Å². The Balaban J connectivity index is 1.86. The Hall–Kier alpha value is -4.59. The number of hydrogen-bond donors (Lipinski definition) is 1. The summed E-state index contributed by atoms with van der Waals surface area (Å²) in [5.74, 6) is -0.789. The molecule has 0 aromatic heterocycles. The van der Waals surface area contributed by atoms with Gasteiger partial charge in [0.1, 0.15) is 23.0 Å². The van der Waals surface area contributed by atoms with Crippen LogP contribution in [0.25, 0.3) is 5.76 Å². The summed E-state index contributed by atoms with van der Waals surface area (Å²) in [6.45, 7) is 6.98. The third-order valence-corrected chi connectivity index (χ3v) is 6.06. The molecule has 0 radical (unpaired) electrons. The number of amides is 1. The number of esters is 1. The highest BCUT2D eigenvalue weighted by molar-refractivity contribution is 6.51. The number of Topliss-reactive ketones (excluding diaryl/α,β-unsaturated/α-hetero) is 1. The summed E-state index contributed by atoms with van der Waals surface area (Å²) < 4.78 is 16.2. The molecule has 0 bridgehead atoms. The van der Waals surface area contributed by atoms with Crippen molar-refractivity contribution in [2.24, 2.45) is 0 Å². The van der Waals surface area contributed by atoms with Crippen molar-refractivity contribution in [2.45, 2.75) is 39.8 Å². The van der Waals surface area contributed by atoms with E-state index in [1.807, 2.05) is 20.8 Å². The minimum Gasteiger partial charge on any atom is -0.507 e. The molecular weight excluding hydrogens is 486 g/mol. The monoisotopic (exact) mass is 515 g/mol. The molecule has 4 rings (SSSR count). The van der Waals surface area contributed by atoms with Crippen molar-refractivity contribution in [3.8, 4) is 17.2 Å². The van der Waals surface area contributed by atoms with Crippen LogP contribution in [0.1, 0.15) is 43.5 Å². The minimum atomic E-state index is -0.929. The first-order valence-corrected chi connectivity index (χ1v) is 12.1. The number of benzene rings is 3. The Morgan fingerprint density at radius 2 is 1.58 bits per heavy atom. The Morgan fingerprint density at radius 1 is 0.947 bits per heavy atom. The fraction of sp³-hybridized carbons (Fsp3) is 0.233. The van der Waals surface area contributed by atoms with E-state index in [0.717, 1.165) is 5.56 Å². The largest absolute Gasteiger partial charge is 0.507 e. The number of methoxy groups -OCH3 is 1. The molecule has 8 nitrogen and oxygen atoms in total. The van der Waals surface area contributed by atoms with Gasteiger partial charge in [-0.2, -0.15) is 0 Å². The topological polar surface area (TPSA) is 102 Å². The van der Waals surface area contributed by atoms with Gasteiger partial charge in [0.05, 0.1) is 24.8 Å². The average Bonchev–Trinajstić information content (AvgIpc) is 3.15. The van der Waals surface area contributed by atoms with Gasteiger partial charge in [0.25, 0.3) is 11.7 Å². The summed E-state index contributed by atoms with van der Waals surface area (Å²) >= 11 is 0. The van der Waals surface area contributed by atoms with Crippen molar-refractivity contribution >= 4 is 29.1 Å². The highest BCUT2D eigenvalue weighted by atomic mass is 16.5. The Labute approximate surface area is 221 Å². The van der Waals surface area contributed by atoms with Gasteiger partial charge in [0.15, 0.2) is 0 Å². The lowest BCUT2D eigenvalue weighted by Crippen LogP contribution is -2.29. The molecule has 1 aliphatic rings. The normalized spacial score (nSPS) is 16.6. The molecule has 1 saturated heterocycles. The van der Waals surface area contributed by atoms with Crippen LogP contribution in [0.3, 0.4) is 0 Å². The Bertz CT molecular complexity index is 1410. The second-order valence-corrected chi connectivity index (χ2v) is 9.18. The second kappa shape index (κ2) is 10.8. The minimum absolute atomic E-state index is 0.0297. The van der Waals surface area contributed by atoms with Crippen LogP contribution in [-0.2, 0) is 14.4 Å². The molecule has 1 aliphatic heterocycles. The fourth-order valence-corrected chi connectivity index (χ4v) is 4.38. The van der Waals surface area contributed by atoms with Crippen molar-refractivity contribution in [1.82, 2.24) is 0 Å². The van der Waals surface area contributed by atoms with Gasteiger partial charge in [-0.05, 0) is 86.5 Å². The molecule has 0 aliphatic carbocycles. The molecule has 1 unspecified atom stereocenters. The third-order valence-electron chi connectivity index (χ3n) is 6.06. The highest BCUT2D eigenvalue weighted by Crippen LogP contribution is 2.43. The number of carbonyl (C=O) groups is 3.